The zero-order valence-corrected chi connectivity index (χ0v) is 12.1. The van der Waals surface area contributed by atoms with E-state index in [0.717, 1.165) is 29.7 Å². The SMILES string of the molecule is CCc1cccc(CC)c1N=Nc1c(N)nc(N)[nH]c1=O. The lowest BCUT2D eigenvalue weighted by Crippen LogP contribution is -2.12. The highest BCUT2D eigenvalue weighted by atomic mass is 16.1. The van der Waals surface area contributed by atoms with Crippen molar-refractivity contribution in [1.82, 2.24) is 9.97 Å². The molecule has 0 atom stereocenters. The van der Waals surface area contributed by atoms with Crippen LogP contribution in [0.15, 0.2) is 33.2 Å². The highest BCUT2D eigenvalue weighted by molar-refractivity contribution is 5.58. The van der Waals surface area contributed by atoms with E-state index in [1.807, 2.05) is 32.0 Å². The Morgan fingerprint density at radius 2 is 1.67 bits per heavy atom. The summed E-state index contributed by atoms with van der Waals surface area (Å²) in [5, 5.41) is 8.19. The molecule has 21 heavy (non-hydrogen) atoms. The maximum Gasteiger partial charge on any atom is 0.282 e. The molecular formula is C14H18N6O. The van der Waals surface area contributed by atoms with E-state index in [-0.39, 0.29) is 17.5 Å². The van der Waals surface area contributed by atoms with Crippen molar-refractivity contribution in [2.75, 3.05) is 11.5 Å². The van der Waals surface area contributed by atoms with Crippen LogP contribution in [-0.4, -0.2) is 9.97 Å². The Hall–Kier alpha value is -2.70. The summed E-state index contributed by atoms with van der Waals surface area (Å²) in [7, 11) is 0. The molecule has 1 aromatic carbocycles. The van der Waals surface area contributed by atoms with Crippen LogP contribution in [0.3, 0.4) is 0 Å². The molecule has 1 heterocycles. The average molecular weight is 286 g/mol. The van der Waals surface area contributed by atoms with Gasteiger partial charge in [0.1, 0.15) is 0 Å². The van der Waals surface area contributed by atoms with Crippen molar-refractivity contribution in [3.63, 3.8) is 0 Å². The number of nitrogens with two attached hydrogens (primary N) is 2. The van der Waals surface area contributed by atoms with E-state index in [1.165, 1.54) is 0 Å². The molecule has 0 aliphatic heterocycles. The van der Waals surface area contributed by atoms with Crippen LogP contribution in [0.1, 0.15) is 25.0 Å². The number of azo groups is 1. The lowest BCUT2D eigenvalue weighted by Gasteiger charge is -2.07. The normalized spacial score (nSPS) is 11.1. The van der Waals surface area contributed by atoms with Crippen molar-refractivity contribution in [2.45, 2.75) is 26.7 Å². The molecule has 2 aromatic rings. The molecule has 0 radical (unpaired) electrons. The molecule has 0 saturated heterocycles. The maximum atomic E-state index is 11.8. The molecule has 7 heteroatoms. The van der Waals surface area contributed by atoms with Gasteiger partial charge in [-0.25, -0.2) is 0 Å². The van der Waals surface area contributed by atoms with Gasteiger partial charge in [0.25, 0.3) is 5.56 Å². The van der Waals surface area contributed by atoms with Gasteiger partial charge in [0.2, 0.25) is 5.95 Å². The molecule has 5 N–H and O–H groups in total. The van der Waals surface area contributed by atoms with Crippen molar-refractivity contribution in [3.05, 3.63) is 39.7 Å². The van der Waals surface area contributed by atoms with Gasteiger partial charge in [-0.05, 0) is 24.0 Å². The van der Waals surface area contributed by atoms with Crippen LogP contribution in [0, 0.1) is 0 Å². The zero-order chi connectivity index (χ0) is 15.4. The van der Waals surface area contributed by atoms with Crippen LogP contribution >= 0.6 is 0 Å². The second kappa shape index (κ2) is 6.17. The van der Waals surface area contributed by atoms with Gasteiger partial charge in [0, 0.05) is 0 Å². The molecule has 0 fully saturated rings. The number of nitrogen functional groups attached to an aromatic ring is 2. The summed E-state index contributed by atoms with van der Waals surface area (Å²) in [6.07, 6.45) is 1.65. The summed E-state index contributed by atoms with van der Waals surface area (Å²) in [5.74, 6) is -0.0771. The van der Waals surface area contributed by atoms with Crippen molar-refractivity contribution in [1.29, 1.82) is 0 Å². The predicted molar refractivity (Wildman–Crippen MR) is 83.1 cm³/mol. The molecular weight excluding hydrogens is 268 g/mol. The largest absolute Gasteiger partial charge is 0.382 e. The van der Waals surface area contributed by atoms with Gasteiger partial charge in [0.05, 0.1) is 5.69 Å². The number of nitrogens with zero attached hydrogens (tertiary/aromatic N) is 3. The summed E-state index contributed by atoms with van der Waals surface area (Å²) in [5.41, 5.74) is 13.4. The number of aromatic nitrogens is 2. The molecule has 2 rings (SSSR count). The Labute approximate surface area is 122 Å². The third-order valence-corrected chi connectivity index (χ3v) is 3.16. The van der Waals surface area contributed by atoms with Gasteiger partial charge in [-0.3, -0.25) is 9.78 Å². The van der Waals surface area contributed by atoms with Crippen LogP contribution in [0.5, 0.6) is 0 Å². The Morgan fingerprint density at radius 1 is 1.10 bits per heavy atom. The fourth-order valence-corrected chi connectivity index (χ4v) is 2.04. The molecule has 0 bridgehead atoms. The Morgan fingerprint density at radius 3 is 2.19 bits per heavy atom. The van der Waals surface area contributed by atoms with Gasteiger partial charge >= 0.3 is 0 Å². The summed E-state index contributed by atoms with van der Waals surface area (Å²) in [6, 6.07) is 5.97. The van der Waals surface area contributed by atoms with E-state index in [9.17, 15) is 4.79 Å². The van der Waals surface area contributed by atoms with E-state index >= 15 is 0 Å². The standard InChI is InChI=1S/C14H18N6O/c1-3-8-6-5-7-9(4-2)10(8)19-20-11-12(15)17-14(16)18-13(11)21/h5-7H,3-4H2,1-2H3,(H5,15,16,17,18,21). The number of benzene rings is 1. The van der Waals surface area contributed by atoms with Gasteiger partial charge in [-0.15, -0.1) is 10.2 Å². The van der Waals surface area contributed by atoms with Crippen molar-refractivity contribution < 1.29 is 0 Å². The minimum atomic E-state index is -0.504. The van der Waals surface area contributed by atoms with E-state index in [1.54, 1.807) is 0 Å². The van der Waals surface area contributed by atoms with Gasteiger partial charge in [-0.2, -0.15) is 4.98 Å². The first-order chi connectivity index (χ1) is 10.1. The molecule has 0 unspecified atom stereocenters. The first kappa shape index (κ1) is 14.7. The smallest absolute Gasteiger partial charge is 0.282 e. The summed E-state index contributed by atoms with van der Waals surface area (Å²) in [6.45, 7) is 4.08. The molecule has 7 nitrogen and oxygen atoms in total. The van der Waals surface area contributed by atoms with Gasteiger partial charge < -0.3 is 11.5 Å². The van der Waals surface area contributed by atoms with Crippen LogP contribution in [0.25, 0.3) is 0 Å². The average Bonchev–Trinajstić information content (AvgIpc) is 2.45. The first-order valence-corrected chi connectivity index (χ1v) is 6.74. The van der Waals surface area contributed by atoms with Crippen LogP contribution in [0.2, 0.25) is 0 Å². The van der Waals surface area contributed by atoms with Gasteiger partial charge in [-0.1, -0.05) is 32.0 Å². The van der Waals surface area contributed by atoms with Crippen LogP contribution in [-0.2, 0) is 12.8 Å². The molecule has 0 aliphatic rings. The number of H-pyrrole nitrogens is 1. The molecule has 110 valence electrons. The highest BCUT2D eigenvalue weighted by Crippen LogP contribution is 2.28. The maximum absolute atomic E-state index is 11.8. The number of nitrogens with one attached hydrogen (secondary N) is 1. The minimum absolute atomic E-state index is 0.0304. The van der Waals surface area contributed by atoms with Crippen molar-refractivity contribution >= 4 is 23.1 Å². The van der Waals surface area contributed by atoms with Gasteiger partial charge in [0.15, 0.2) is 11.5 Å². The molecule has 0 spiro atoms. The topological polar surface area (TPSA) is 123 Å². The zero-order valence-electron chi connectivity index (χ0n) is 12.1. The highest BCUT2D eigenvalue weighted by Gasteiger charge is 2.09. The number of aromatic amines is 1. The molecule has 1 aromatic heterocycles. The second-order valence-corrected chi connectivity index (χ2v) is 4.52. The lowest BCUT2D eigenvalue weighted by atomic mass is 10.0. The summed E-state index contributed by atoms with van der Waals surface area (Å²) >= 11 is 0. The monoisotopic (exact) mass is 286 g/mol. The van der Waals surface area contributed by atoms with Crippen LogP contribution in [0.4, 0.5) is 23.1 Å². The van der Waals surface area contributed by atoms with Crippen molar-refractivity contribution in [3.8, 4) is 0 Å². The third-order valence-electron chi connectivity index (χ3n) is 3.16. The number of aryl methyl sites for hydroxylation is 2. The Balaban J connectivity index is 2.50. The molecule has 0 amide bonds. The fourth-order valence-electron chi connectivity index (χ4n) is 2.04. The minimum Gasteiger partial charge on any atom is -0.382 e. The fraction of sp³-hybridized carbons (Fsp3) is 0.286. The Kier molecular flexibility index (Phi) is 4.32. The number of hydrogen-bond donors (Lipinski definition) is 3. The van der Waals surface area contributed by atoms with E-state index in [2.05, 4.69) is 20.2 Å². The summed E-state index contributed by atoms with van der Waals surface area (Å²) in [4.78, 5) is 17.9. The number of rotatable bonds is 4. The van der Waals surface area contributed by atoms with E-state index < -0.39 is 5.56 Å². The first-order valence-electron chi connectivity index (χ1n) is 6.74. The quantitative estimate of drug-likeness (QED) is 0.747. The van der Waals surface area contributed by atoms with E-state index in [0.29, 0.717) is 0 Å². The predicted octanol–water partition coefficient (Wildman–Crippen LogP) is 2.47. The van der Waals surface area contributed by atoms with Crippen molar-refractivity contribution in [2.24, 2.45) is 10.2 Å². The Bertz CT molecular complexity index is 712. The van der Waals surface area contributed by atoms with Crippen LogP contribution < -0.4 is 17.0 Å². The summed E-state index contributed by atoms with van der Waals surface area (Å²) < 4.78 is 0. The second-order valence-electron chi connectivity index (χ2n) is 4.52. The number of hydrogen-bond acceptors (Lipinski definition) is 6. The lowest BCUT2D eigenvalue weighted by molar-refractivity contribution is 1.04. The molecule has 0 aliphatic carbocycles. The van der Waals surface area contributed by atoms with E-state index in [4.69, 9.17) is 11.5 Å². The number of anilines is 2. The third kappa shape index (κ3) is 3.07. The molecule has 0 saturated carbocycles.